The van der Waals surface area contributed by atoms with E-state index in [0.29, 0.717) is 5.69 Å². The number of nitrogens with zero attached hydrogens (tertiary/aromatic N) is 3. The minimum absolute atomic E-state index is 0.00234. The summed E-state index contributed by atoms with van der Waals surface area (Å²) in [6.45, 7) is -1.17. The van der Waals surface area contributed by atoms with E-state index in [4.69, 9.17) is 5.11 Å². The van der Waals surface area contributed by atoms with Crippen LogP contribution in [0.2, 0.25) is 0 Å². The van der Waals surface area contributed by atoms with Crippen LogP contribution in [0.25, 0.3) is 0 Å². The molecule has 1 aromatic heterocycles. The van der Waals surface area contributed by atoms with Gasteiger partial charge in [-0.1, -0.05) is 0 Å². The van der Waals surface area contributed by atoms with Gasteiger partial charge in [0.15, 0.2) is 5.69 Å². The molecule has 0 radical (unpaired) electrons. The minimum Gasteiger partial charge on any atom is -0.476 e. The molecule has 1 aromatic rings. The van der Waals surface area contributed by atoms with Gasteiger partial charge >= 0.3 is 12.1 Å². The van der Waals surface area contributed by atoms with Crippen LogP contribution in [-0.2, 0) is 13.1 Å². The molecule has 92 valence electrons. The van der Waals surface area contributed by atoms with Crippen molar-refractivity contribution in [2.45, 2.75) is 19.3 Å². The molecule has 2 rings (SSSR count). The highest BCUT2D eigenvalue weighted by Gasteiger charge is 2.35. The Labute approximate surface area is 93.9 Å². The zero-order valence-corrected chi connectivity index (χ0v) is 8.53. The molecule has 0 aliphatic carbocycles. The van der Waals surface area contributed by atoms with Gasteiger partial charge in [0.1, 0.15) is 6.33 Å². The highest BCUT2D eigenvalue weighted by atomic mass is 19.4. The maximum Gasteiger partial charge on any atom is 0.401 e. The van der Waals surface area contributed by atoms with E-state index in [1.165, 1.54) is 0 Å². The van der Waals surface area contributed by atoms with Crippen LogP contribution < -0.4 is 0 Å². The molecule has 0 saturated heterocycles. The molecule has 0 atom stereocenters. The normalized spacial score (nSPS) is 15.9. The van der Waals surface area contributed by atoms with Crippen molar-refractivity contribution < 1.29 is 23.1 Å². The number of hydrogen-bond donors (Lipinski definition) is 1. The van der Waals surface area contributed by atoms with Crippen LogP contribution in [0.5, 0.6) is 0 Å². The predicted molar refractivity (Wildman–Crippen MR) is 49.2 cm³/mol. The molecule has 1 N–H and O–H groups in total. The van der Waals surface area contributed by atoms with E-state index in [1.807, 2.05) is 0 Å². The van der Waals surface area contributed by atoms with E-state index in [1.54, 1.807) is 0 Å². The van der Waals surface area contributed by atoms with Crippen molar-refractivity contribution >= 4 is 5.97 Å². The molecule has 0 unspecified atom stereocenters. The van der Waals surface area contributed by atoms with Crippen molar-refractivity contribution in [2.75, 3.05) is 6.54 Å². The number of alkyl halides is 3. The Morgan fingerprint density at radius 1 is 1.41 bits per heavy atom. The van der Waals surface area contributed by atoms with Gasteiger partial charge in [-0.15, -0.1) is 0 Å². The van der Waals surface area contributed by atoms with Gasteiger partial charge in [0, 0.05) is 18.7 Å². The van der Waals surface area contributed by atoms with Crippen molar-refractivity contribution in [1.82, 2.24) is 14.9 Å². The summed E-state index contributed by atoms with van der Waals surface area (Å²) in [6.07, 6.45) is -3.25. The van der Waals surface area contributed by atoms with Crippen molar-refractivity contribution in [3.63, 3.8) is 0 Å². The topological polar surface area (TPSA) is 66.3 Å². The summed E-state index contributed by atoms with van der Waals surface area (Å²) in [5.41, 5.74) is 0.394. The van der Waals surface area contributed by atoms with Gasteiger partial charge in [0.05, 0.1) is 12.2 Å². The molecule has 0 amide bonds. The molecule has 0 bridgehead atoms. The van der Waals surface area contributed by atoms with Crippen LogP contribution in [0.4, 0.5) is 13.2 Å². The molecule has 17 heavy (non-hydrogen) atoms. The lowest BCUT2D eigenvalue weighted by atomic mass is 10.2. The zero-order chi connectivity index (χ0) is 12.6. The van der Waals surface area contributed by atoms with Gasteiger partial charge in [-0.25, -0.2) is 14.8 Å². The van der Waals surface area contributed by atoms with Crippen LogP contribution in [0.3, 0.4) is 0 Å². The quantitative estimate of drug-likeness (QED) is 0.846. The van der Waals surface area contributed by atoms with Gasteiger partial charge in [0.25, 0.3) is 0 Å². The first-order valence-electron chi connectivity index (χ1n) is 4.72. The van der Waals surface area contributed by atoms with Crippen molar-refractivity contribution in [3.05, 3.63) is 23.3 Å². The summed E-state index contributed by atoms with van der Waals surface area (Å²) in [5.74, 6) is -1.25. The van der Waals surface area contributed by atoms with Gasteiger partial charge < -0.3 is 5.11 Å². The Balaban J connectivity index is 2.22. The van der Waals surface area contributed by atoms with Gasteiger partial charge in [0.2, 0.25) is 0 Å². The molecule has 0 aromatic carbocycles. The number of carboxylic acid groups (broad SMARTS) is 1. The molecule has 8 heteroatoms. The fraction of sp³-hybridized carbons (Fsp3) is 0.444. The second-order valence-corrected chi connectivity index (χ2v) is 3.71. The smallest absolute Gasteiger partial charge is 0.401 e. The maximum atomic E-state index is 12.2. The number of fused-ring (bicyclic) bond motifs is 1. The number of hydrogen-bond acceptors (Lipinski definition) is 4. The Morgan fingerprint density at radius 2 is 2.12 bits per heavy atom. The lowest BCUT2D eigenvalue weighted by Gasteiger charge is -2.16. The summed E-state index contributed by atoms with van der Waals surface area (Å²) in [4.78, 5) is 19.3. The third-order valence-corrected chi connectivity index (χ3v) is 2.40. The Morgan fingerprint density at radius 3 is 2.71 bits per heavy atom. The Bertz CT molecular complexity index is 461. The van der Waals surface area contributed by atoms with E-state index >= 15 is 0 Å². The van der Waals surface area contributed by atoms with E-state index < -0.39 is 18.7 Å². The van der Waals surface area contributed by atoms with Crippen LogP contribution in [-0.4, -0.2) is 38.7 Å². The van der Waals surface area contributed by atoms with Crippen LogP contribution in [0, 0.1) is 0 Å². The molecule has 1 aliphatic heterocycles. The predicted octanol–water partition coefficient (Wildman–Crippen LogP) is 1.05. The lowest BCUT2D eigenvalue weighted by Crippen LogP contribution is -2.30. The maximum absolute atomic E-state index is 12.2. The number of aromatic nitrogens is 2. The highest BCUT2D eigenvalue weighted by molar-refractivity contribution is 5.87. The number of halogens is 3. The number of aromatic carboxylic acids is 1. The first kappa shape index (κ1) is 11.8. The van der Waals surface area contributed by atoms with Crippen LogP contribution in [0.1, 0.15) is 21.7 Å². The molecular weight excluding hydrogens is 239 g/mol. The average Bonchev–Trinajstić information content (AvgIpc) is 2.55. The highest BCUT2D eigenvalue weighted by Crippen LogP contribution is 2.26. The van der Waals surface area contributed by atoms with E-state index in [-0.39, 0.29) is 24.3 Å². The fourth-order valence-corrected chi connectivity index (χ4v) is 1.79. The number of carbonyl (C=O) groups is 1. The molecule has 5 nitrogen and oxygen atoms in total. The molecule has 2 heterocycles. The number of carboxylic acids is 1. The van der Waals surface area contributed by atoms with Crippen molar-refractivity contribution in [3.8, 4) is 0 Å². The molecule has 0 spiro atoms. The lowest BCUT2D eigenvalue weighted by molar-refractivity contribution is -0.147. The standard InChI is InChI=1S/C9H8F3N3O2/c10-9(11,12)3-15-1-5-6(2-15)13-4-14-7(5)8(16)17/h4H,1-3H2,(H,16,17). The van der Waals surface area contributed by atoms with Crippen molar-refractivity contribution in [2.24, 2.45) is 0 Å². The summed E-state index contributed by atoms with van der Waals surface area (Å²) >= 11 is 0. The average molecular weight is 247 g/mol. The molecule has 1 aliphatic rings. The largest absolute Gasteiger partial charge is 0.476 e. The molecular formula is C9H8F3N3O2. The monoisotopic (exact) mass is 247 g/mol. The SMILES string of the molecule is O=C(O)c1ncnc2c1CN(CC(F)(F)F)C2. The first-order valence-corrected chi connectivity index (χ1v) is 4.72. The minimum atomic E-state index is -4.31. The third kappa shape index (κ3) is 2.52. The Kier molecular flexibility index (Phi) is 2.74. The molecule has 0 fully saturated rings. The van der Waals surface area contributed by atoms with E-state index in [9.17, 15) is 18.0 Å². The van der Waals surface area contributed by atoms with Crippen LogP contribution >= 0.6 is 0 Å². The van der Waals surface area contributed by atoms with Gasteiger partial charge in [-0.3, -0.25) is 4.90 Å². The van der Waals surface area contributed by atoms with E-state index in [0.717, 1.165) is 11.2 Å². The van der Waals surface area contributed by atoms with Gasteiger partial charge in [-0.05, 0) is 0 Å². The summed E-state index contributed by atoms with van der Waals surface area (Å²) in [5, 5.41) is 8.84. The summed E-state index contributed by atoms with van der Waals surface area (Å²) < 4.78 is 36.6. The second kappa shape index (κ2) is 3.95. The third-order valence-electron chi connectivity index (χ3n) is 2.40. The van der Waals surface area contributed by atoms with Crippen LogP contribution in [0.15, 0.2) is 6.33 Å². The summed E-state index contributed by atoms with van der Waals surface area (Å²) in [6, 6.07) is 0. The van der Waals surface area contributed by atoms with Gasteiger partial charge in [-0.2, -0.15) is 13.2 Å². The second-order valence-electron chi connectivity index (χ2n) is 3.71. The zero-order valence-electron chi connectivity index (χ0n) is 8.53. The van der Waals surface area contributed by atoms with Crippen molar-refractivity contribution in [1.29, 1.82) is 0 Å². The fourth-order valence-electron chi connectivity index (χ4n) is 1.79. The van der Waals surface area contributed by atoms with E-state index in [2.05, 4.69) is 9.97 Å². The first-order chi connectivity index (χ1) is 7.87. The number of rotatable bonds is 2. The summed E-state index contributed by atoms with van der Waals surface area (Å²) in [7, 11) is 0. The Hall–Kier alpha value is -1.70. The molecule has 0 saturated carbocycles.